The molecule has 10 nitrogen and oxygen atoms in total. The highest BCUT2D eigenvalue weighted by Gasteiger charge is 2.24. The van der Waals surface area contributed by atoms with Crippen LogP contribution in [0.4, 0.5) is 21.9 Å². The van der Waals surface area contributed by atoms with Gasteiger partial charge in [-0.05, 0) is 60.9 Å². The van der Waals surface area contributed by atoms with E-state index in [1.165, 1.54) is 30.9 Å². The van der Waals surface area contributed by atoms with Crippen molar-refractivity contribution in [1.29, 1.82) is 0 Å². The minimum Gasteiger partial charge on any atom is -0.482 e. The fraction of sp³-hybridized carbons (Fsp3) is 0.333. The van der Waals surface area contributed by atoms with Crippen LogP contribution in [0.5, 0.6) is 5.75 Å². The second kappa shape index (κ2) is 15.8. The van der Waals surface area contributed by atoms with Crippen LogP contribution in [0.3, 0.4) is 0 Å². The summed E-state index contributed by atoms with van der Waals surface area (Å²) in [5, 5.41) is 5.76. The molecule has 0 saturated heterocycles. The standard InChI is InChI=1S/C33H37ClN4O6/c1-37(27-14-8-12-25(34)20-27)31(40)22-44-29-16-6-5-15-28(29)38(18-17-23-9-3-4-10-23)30(39)21-35-33(42)36-26-13-7-11-24(19-26)32(41)43-2/h5-8,11-16,19-20,23H,3-4,9-10,17-18,21-22H2,1-2H3,(H2,35,36,42). The molecule has 0 atom stereocenters. The first kappa shape index (κ1) is 32.3. The third-order valence-electron chi connectivity index (χ3n) is 7.56. The van der Waals surface area contributed by atoms with E-state index in [4.69, 9.17) is 21.1 Å². The number of ether oxygens (including phenoxy) is 2. The number of anilines is 3. The number of halogens is 1. The molecule has 0 aliphatic heterocycles. The molecule has 3 aromatic carbocycles. The molecule has 1 fully saturated rings. The van der Waals surface area contributed by atoms with Crippen molar-refractivity contribution in [3.8, 4) is 5.75 Å². The van der Waals surface area contributed by atoms with E-state index < -0.39 is 12.0 Å². The number of nitrogens with zero attached hydrogens (tertiary/aromatic N) is 2. The summed E-state index contributed by atoms with van der Waals surface area (Å²) in [5.74, 6) is -0.255. The molecule has 4 rings (SSSR count). The molecule has 3 aromatic rings. The van der Waals surface area contributed by atoms with Crippen LogP contribution in [0, 0.1) is 5.92 Å². The van der Waals surface area contributed by atoms with E-state index in [0.717, 1.165) is 19.3 Å². The Morgan fingerprint density at radius 3 is 2.43 bits per heavy atom. The van der Waals surface area contributed by atoms with E-state index in [1.807, 2.05) is 0 Å². The lowest BCUT2D eigenvalue weighted by Gasteiger charge is -2.27. The van der Waals surface area contributed by atoms with E-state index >= 15 is 0 Å². The number of rotatable bonds is 12. The van der Waals surface area contributed by atoms with E-state index in [1.54, 1.807) is 78.7 Å². The second-order valence-corrected chi connectivity index (χ2v) is 11.0. The number of para-hydroxylation sites is 2. The van der Waals surface area contributed by atoms with Gasteiger partial charge in [-0.1, -0.05) is 61.5 Å². The predicted molar refractivity (Wildman–Crippen MR) is 171 cm³/mol. The second-order valence-electron chi connectivity index (χ2n) is 10.6. The maximum absolute atomic E-state index is 13.6. The van der Waals surface area contributed by atoms with Gasteiger partial charge >= 0.3 is 12.0 Å². The third-order valence-corrected chi connectivity index (χ3v) is 7.79. The lowest BCUT2D eigenvalue weighted by molar-refractivity contribution is -0.120. The van der Waals surface area contributed by atoms with Crippen LogP contribution >= 0.6 is 11.6 Å². The number of carbonyl (C=O) groups is 4. The zero-order valence-electron chi connectivity index (χ0n) is 24.9. The maximum atomic E-state index is 13.6. The normalized spacial score (nSPS) is 12.7. The van der Waals surface area contributed by atoms with Crippen molar-refractivity contribution in [3.63, 3.8) is 0 Å². The Hall–Kier alpha value is -4.57. The monoisotopic (exact) mass is 620 g/mol. The molecule has 0 bridgehead atoms. The summed E-state index contributed by atoms with van der Waals surface area (Å²) in [6.07, 6.45) is 5.41. The van der Waals surface area contributed by atoms with Gasteiger partial charge in [-0.25, -0.2) is 9.59 Å². The SMILES string of the molecule is COC(=O)c1cccc(NC(=O)NCC(=O)N(CCC2CCCC2)c2ccccc2OCC(=O)N(C)c2cccc(Cl)c2)c1. The molecular weight excluding hydrogens is 584 g/mol. The van der Waals surface area contributed by atoms with Gasteiger partial charge in [-0.2, -0.15) is 0 Å². The van der Waals surface area contributed by atoms with Crippen LogP contribution in [0.2, 0.25) is 5.02 Å². The van der Waals surface area contributed by atoms with Gasteiger partial charge < -0.3 is 29.9 Å². The Bertz CT molecular complexity index is 1480. The molecule has 232 valence electrons. The summed E-state index contributed by atoms with van der Waals surface area (Å²) in [6, 6.07) is 19.7. The molecule has 2 N–H and O–H groups in total. The summed E-state index contributed by atoms with van der Waals surface area (Å²) in [7, 11) is 2.92. The molecular formula is C33H37ClN4O6. The molecule has 0 aromatic heterocycles. The minimum atomic E-state index is -0.602. The zero-order valence-corrected chi connectivity index (χ0v) is 25.6. The van der Waals surface area contributed by atoms with Crippen molar-refractivity contribution in [1.82, 2.24) is 5.32 Å². The molecule has 1 saturated carbocycles. The highest BCUT2D eigenvalue weighted by Crippen LogP contribution is 2.32. The lowest BCUT2D eigenvalue weighted by atomic mass is 10.0. The van der Waals surface area contributed by atoms with Crippen LogP contribution in [-0.4, -0.2) is 57.7 Å². The maximum Gasteiger partial charge on any atom is 0.337 e. The number of benzene rings is 3. The van der Waals surface area contributed by atoms with Crippen LogP contribution in [-0.2, 0) is 14.3 Å². The first-order valence-corrected chi connectivity index (χ1v) is 14.9. The molecule has 0 spiro atoms. The molecule has 4 amide bonds. The number of carbonyl (C=O) groups excluding carboxylic acids is 4. The quantitative estimate of drug-likeness (QED) is 0.243. The Morgan fingerprint density at radius 1 is 0.932 bits per heavy atom. The molecule has 1 aliphatic carbocycles. The topological polar surface area (TPSA) is 117 Å². The number of urea groups is 1. The van der Waals surface area contributed by atoms with Gasteiger partial charge in [0.25, 0.3) is 5.91 Å². The smallest absolute Gasteiger partial charge is 0.337 e. The highest BCUT2D eigenvalue weighted by molar-refractivity contribution is 6.30. The Balaban J connectivity index is 1.44. The van der Waals surface area contributed by atoms with Gasteiger partial charge in [0.05, 0.1) is 24.9 Å². The van der Waals surface area contributed by atoms with Crippen molar-refractivity contribution in [3.05, 3.63) is 83.4 Å². The van der Waals surface area contributed by atoms with Gasteiger partial charge in [-0.15, -0.1) is 0 Å². The average molecular weight is 621 g/mol. The van der Waals surface area contributed by atoms with Gasteiger partial charge in [0.1, 0.15) is 5.75 Å². The number of hydrogen-bond donors (Lipinski definition) is 2. The van der Waals surface area contributed by atoms with Crippen molar-refractivity contribution in [2.24, 2.45) is 5.92 Å². The number of likely N-dealkylation sites (N-methyl/N-ethyl adjacent to an activating group) is 1. The largest absolute Gasteiger partial charge is 0.482 e. The number of esters is 1. The average Bonchev–Trinajstić information content (AvgIpc) is 3.56. The van der Waals surface area contributed by atoms with Crippen LogP contribution in [0.15, 0.2) is 72.8 Å². The van der Waals surface area contributed by atoms with Crippen molar-refractivity contribution in [2.45, 2.75) is 32.1 Å². The number of methoxy groups -OCH3 is 1. The van der Waals surface area contributed by atoms with Gasteiger partial charge in [-0.3, -0.25) is 9.59 Å². The van der Waals surface area contributed by atoms with E-state index in [2.05, 4.69) is 10.6 Å². The van der Waals surface area contributed by atoms with Crippen molar-refractivity contribution < 1.29 is 28.7 Å². The fourth-order valence-corrected chi connectivity index (χ4v) is 5.31. The molecule has 0 heterocycles. The Labute approximate surface area is 262 Å². The number of nitrogens with one attached hydrogen (secondary N) is 2. The summed E-state index contributed by atoms with van der Waals surface area (Å²) < 4.78 is 10.7. The van der Waals surface area contributed by atoms with E-state index in [-0.39, 0.29) is 30.5 Å². The number of amides is 4. The first-order valence-electron chi connectivity index (χ1n) is 14.5. The molecule has 44 heavy (non-hydrogen) atoms. The zero-order chi connectivity index (χ0) is 31.5. The number of hydrogen-bond acceptors (Lipinski definition) is 6. The summed E-state index contributed by atoms with van der Waals surface area (Å²) in [5.41, 5.74) is 1.81. The van der Waals surface area contributed by atoms with E-state index in [9.17, 15) is 19.2 Å². The first-order chi connectivity index (χ1) is 21.2. The van der Waals surface area contributed by atoms with Gasteiger partial charge in [0.2, 0.25) is 5.91 Å². The molecule has 1 aliphatic rings. The van der Waals surface area contributed by atoms with Crippen LogP contribution < -0.4 is 25.2 Å². The predicted octanol–water partition coefficient (Wildman–Crippen LogP) is 5.90. The molecule has 11 heteroatoms. The Kier molecular flexibility index (Phi) is 11.6. The minimum absolute atomic E-state index is 0.254. The lowest BCUT2D eigenvalue weighted by Crippen LogP contribution is -2.42. The highest BCUT2D eigenvalue weighted by atomic mass is 35.5. The Morgan fingerprint density at radius 2 is 1.68 bits per heavy atom. The van der Waals surface area contributed by atoms with Crippen molar-refractivity contribution in [2.75, 3.05) is 49.0 Å². The van der Waals surface area contributed by atoms with Crippen molar-refractivity contribution >= 4 is 52.5 Å². The van der Waals surface area contributed by atoms with Gasteiger partial charge in [0.15, 0.2) is 6.61 Å². The summed E-state index contributed by atoms with van der Waals surface area (Å²) in [4.78, 5) is 54.1. The third kappa shape index (κ3) is 8.97. The summed E-state index contributed by atoms with van der Waals surface area (Å²) in [6.45, 7) is -0.0986. The molecule has 0 unspecified atom stereocenters. The van der Waals surface area contributed by atoms with Crippen LogP contribution in [0.25, 0.3) is 0 Å². The molecule has 0 radical (unpaired) electrons. The fourth-order valence-electron chi connectivity index (χ4n) is 5.13. The van der Waals surface area contributed by atoms with E-state index in [0.29, 0.717) is 40.3 Å². The van der Waals surface area contributed by atoms with Crippen LogP contribution in [0.1, 0.15) is 42.5 Å². The summed E-state index contributed by atoms with van der Waals surface area (Å²) >= 11 is 6.08. The van der Waals surface area contributed by atoms with Gasteiger partial charge in [0, 0.05) is 30.0 Å².